The van der Waals surface area contributed by atoms with Gasteiger partial charge in [0.05, 0.1) is 99.1 Å². The fourth-order valence-electron chi connectivity index (χ4n) is 14.9. The third kappa shape index (κ3) is 13.0. The quantitative estimate of drug-likeness (QED) is 0.0516. The number of aryl methyl sites for hydroxylation is 3. The topological polar surface area (TPSA) is 330 Å². The fourth-order valence-corrected chi connectivity index (χ4v) is 17.6. The van der Waals surface area contributed by atoms with Crippen molar-refractivity contribution in [3.05, 3.63) is 225 Å². The third-order valence-corrected chi connectivity index (χ3v) is 24.3. The SMILES string of the molecule is CC(=O)N(C)N(Cc1ccc(-c2ccc(C3CC3C(=O)N(C)N(Cc3ccc(C4=C[SH](C5CC5C(=O)N(C)N(Cc5ccc(-c6ccsn6)cc5F)C(=O)c5ccc6nc(N)c7cnn(C)c7c6c5)N=C4)cc3F)C(=O)c3ccc4nc(N)c5cnn(C)c5c4c3)nc2)cc1F)C(=O)c1ccc2nc(N)c3cnn(C)c3c2c1. The number of benzene rings is 6. The lowest BCUT2D eigenvalue weighted by molar-refractivity contribution is -0.144. The van der Waals surface area contributed by atoms with Crippen molar-refractivity contribution in [2.45, 2.75) is 50.6 Å². The molecule has 1 aliphatic heterocycles. The van der Waals surface area contributed by atoms with Gasteiger partial charge in [0.2, 0.25) is 17.7 Å². The van der Waals surface area contributed by atoms with Gasteiger partial charge in [-0.05, 0) is 126 Å². The number of hydrazine groups is 3. The van der Waals surface area contributed by atoms with Gasteiger partial charge >= 0.3 is 0 Å². The standard InChI is InChI=1S/C81H70F3N21O6S2/c1-41(106)100(5)103(77(107)45-14-19-67-55(24-45)71-59(74(85)93-67)34-89-97(71)2)37-49-11-8-42(27-62(49)82)48-17-18-66(88-32-48)53-30-54(53)80(110)101(6)104(78(108)46-15-20-68-56(25-46)72-60(75(86)94-68)35-90-98(72)3)38-50-12-9-43(28-63(50)83)52-33-92-113(40-52)70-31-58(70)81(111)102(7)105(39-51-13-10-44(29-64(51)84)65-22-23-112-96-65)79(109)47-16-21-69-57(26-47)73-61(76(87)95-69)36-91-99(73)4/h8-29,32-36,40,53-54,58,70,113H,30-31,37-39H2,1-7H3,(H2,85,93)(H2,86,94)(H2,87,95). The van der Waals surface area contributed by atoms with E-state index in [1.807, 2.05) is 5.41 Å². The molecule has 17 rings (SSSR count). The van der Waals surface area contributed by atoms with E-state index in [0.29, 0.717) is 117 Å². The van der Waals surface area contributed by atoms with Crippen molar-refractivity contribution in [1.29, 1.82) is 0 Å². The van der Waals surface area contributed by atoms with Crippen molar-refractivity contribution in [2.24, 2.45) is 37.4 Å². The molecule has 2 saturated carbocycles. The number of halogens is 3. The molecule has 0 spiro atoms. The molecule has 6 aromatic carbocycles. The van der Waals surface area contributed by atoms with Gasteiger partial charge in [0.25, 0.3) is 17.7 Å². The molecule has 6 amide bonds. The Kier molecular flexibility index (Phi) is 18.0. The van der Waals surface area contributed by atoms with Gasteiger partial charge in [0.1, 0.15) is 34.9 Å². The summed E-state index contributed by atoms with van der Waals surface area (Å²) in [4.78, 5) is 105. The van der Waals surface area contributed by atoms with Gasteiger partial charge in [0, 0.05) is 156 Å². The number of nitrogens with zero attached hydrogens (tertiary/aromatic N) is 18. The van der Waals surface area contributed by atoms with Gasteiger partial charge in [-0.2, -0.15) is 19.7 Å². The lowest BCUT2D eigenvalue weighted by Gasteiger charge is -2.32. The van der Waals surface area contributed by atoms with Crippen LogP contribution >= 0.6 is 22.6 Å². The van der Waals surface area contributed by atoms with Gasteiger partial charge in [0.15, 0.2) is 0 Å². The Morgan fingerprint density at radius 3 is 1.37 bits per heavy atom. The number of fused-ring (bicyclic) bond motifs is 9. The van der Waals surface area contributed by atoms with Gasteiger partial charge in [-0.1, -0.05) is 42.5 Å². The zero-order valence-electron chi connectivity index (χ0n) is 61.7. The summed E-state index contributed by atoms with van der Waals surface area (Å²) in [6, 6.07) is 33.8. The van der Waals surface area contributed by atoms with Crippen LogP contribution in [0.2, 0.25) is 0 Å². The van der Waals surface area contributed by atoms with E-state index in [0.717, 1.165) is 5.01 Å². The minimum absolute atomic E-state index is 0.0882. The summed E-state index contributed by atoms with van der Waals surface area (Å²) in [6.07, 6.45) is 8.83. The molecule has 3 aliphatic rings. The summed E-state index contributed by atoms with van der Waals surface area (Å²) in [7, 11) is 9.65. The summed E-state index contributed by atoms with van der Waals surface area (Å²) in [5, 5.41) is 27.4. The van der Waals surface area contributed by atoms with Crippen LogP contribution in [0.3, 0.4) is 0 Å². The minimum Gasteiger partial charge on any atom is -0.383 e. The second kappa shape index (κ2) is 28.1. The number of thiol groups is 1. The van der Waals surface area contributed by atoms with E-state index in [4.69, 9.17) is 26.6 Å². The maximum absolute atomic E-state index is 17.1. The highest BCUT2D eigenvalue weighted by Crippen LogP contribution is 2.57. The molecule has 9 heterocycles. The number of carbonyl (C=O) groups excluding carboxylic acids is 6. The van der Waals surface area contributed by atoms with Crippen LogP contribution in [-0.2, 0) is 55.2 Å². The molecule has 0 saturated heterocycles. The largest absolute Gasteiger partial charge is 0.383 e. The summed E-state index contributed by atoms with van der Waals surface area (Å²) in [6.45, 7) is 0.326. The minimum atomic E-state index is -1.32. The number of anilines is 3. The average molecular weight is 1550 g/mol. The van der Waals surface area contributed by atoms with E-state index in [2.05, 4.69) is 34.6 Å². The smallest absolute Gasteiger partial charge is 0.272 e. The Labute approximate surface area is 648 Å². The van der Waals surface area contributed by atoms with Gasteiger partial charge in [-0.15, -0.1) is 11.1 Å². The molecule has 14 aromatic rings. The second-order valence-corrected chi connectivity index (χ2v) is 31.1. The Morgan fingerprint density at radius 1 is 0.496 bits per heavy atom. The molecule has 27 nitrogen and oxygen atoms in total. The summed E-state index contributed by atoms with van der Waals surface area (Å²) in [5.41, 5.74) is 27.2. The Morgan fingerprint density at radius 2 is 0.929 bits per heavy atom. The number of allylic oxidation sites excluding steroid dienone is 1. The maximum atomic E-state index is 17.1. The Hall–Kier alpha value is -13.5. The predicted octanol–water partition coefficient (Wildman–Crippen LogP) is 11.6. The number of nitrogens with two attached hydrogens (primary N) is 3. The van der Waals surface area contributed by atoms with Crippen molar-refractivity contribution < 1.29 is 41.9 Å². The first-order valence-electron chi connectivity index (χ1n) is 35.9. The highest BCUT2D eigenvalue weighted by molar-refractivity contribution is 8.19. The Bertz CT molecular complexity index is 6450. The first kappa shape index (κ1) is 72.4. The average Bonchev–Trinajstić information content (AvgIpc) is 1.71. The van der Waals surface area contributed by atoms with Crippen molar-refractivity contribution in [3.8, 4) is 22.4 Å². The first-order valence-corrected chi connectivity index (χ1v) is 38.2. The number of carbonyl (C=O) groups is 6. The van der Waals surface area contributed by atoms with Crippen molar-refractivity contribution >= 4 is 153 Å². The molecule has 5 unspecified atom stereocenters. The molecule has 0 bridgehead atoms. The van der Waals surface area contributed by atoms with E-state index in [9.17, 15) is 24.0 Å². The zero-order valence-corrected chi connectivity index (χ0v) is 63.4. The molecule has 8 aromatic heterocycles. The number of hydrogen-bond donors (Lipinski definition) is 4. The van der Waals surface area contributed by atoms with Gasteiger partial charge < -0.3 is 17.2 Å². The predicted molar refractivity (Wildman–Crippen MR) is 427 cm³/mol. The number of amides is 6. The fraction of sp³-hybridized carbons (Fsp3) is 0.198. The number of hydrogen-bond acceptors (Lipinski definition) is 19. The number of rotatable bonds is 16. The van der Waals surface area contributed by atoms with Crippen molar-refractivity contribution in [1.82, 2.24) is 83.7 Å². The number of aromatic nitrogens is 11. The summed E-state index contributed by atoms with van der Waals surface area (Å²) >= 11 is -0.0832. The van der Waals surface area contributed by atoms with Crippen LogP contribution in [0, 0.1) is 29.3 Å². The van der Waals surface area contributed by atoms with Crippen molar-refractivity contribution in [2.75, 3.05) is 38.3 Å². The lowest BCUT2D eigenvalue weighted by atomic mass is 10.0. The molecule has 6 N–H and O–H groups in total. The molecule has 2 fully saturated rings. The molecule has 2 aliphatic carbocycles. The highest BCUT2D eigenvalue weighted by atomic mass is 32.2. The van der Waals surface area contributed by atoms with E-state index < -0.39 is 69.9 Å². The van der Waals surface area contributed by atoms with Crippen LogP contribution in [0.15, 0.2) is 167 Å². The first-order chi connectivity index (χ1) is 54.3. The van der Waals surface area contributed by atoms with Crippen LogP contribution < -0.4 is 17.2 Å². The molecule has 0 radical (unpaired) electrons. The second-order valence-electron chi connectivity index (χ2n) is 28.5. The molecular formula is C81H70F3N21O6S2. The van der Waals surface area contributed by atoms with E-state index >= 15 is 18.0 Å². The third-order valence-electron chi connectivity index (χ3n) is 21.6. The van der Waals surface area contributed by atoms with Gasteiger partial charge in [-0.3, -0.25) is 62.8 Å². The summed E-state index contributed by atoms with van der Waals surface area (Å²) < 4.78 is 63.7. The molecule has 5 atom stereocenters. The van der Waals surface area contributed by atoms with Gasteiger partial charge in [-0.25, -0.2) is 47.5 Å². The van der Waals surface area contributed by atoms with Crippen molar-refractivity contribution in [3.63, 3.8) is 0 Å². The van der Waals surface area contributed by atoms with E-state index in [-0.39, 0.29) is 87.5 Å². The normalized spacial score (nSPS) is 16.7. The Balaban J connectivity index is 0.592. The number of pyridine rings is 4. The van der Waals surface area contributed by atoms with Crippen LogP contribution in [0.4, 0.5) is 30.6 Å². The van der Waals surface area contributed by atoms with Crippen LogP contribution in [0.25, 0.3) is 93.4 Å². The molecular weight excluding hydrogens is 1480 g/mol. The molecule has 113 heavy (non-hydrogen) atoms. The number of nitrogen functional groups attached to an aromatic ring is 3. The lowest BCUT2D eigenvalue weighted by Crippen LogP contribution is -2.48. The van der Waals surface area contributed by atoms with Crippen LogP contribution in [0.5, 0.6) is 0 Å². The molecule has 568 valence electrons. The maximum Gasteiger partial charge on any atom is 0.272 e. The van der Waals surface area contributed by atoms with E-state index in [1.54, 1.807) is 181 Å². The van der Waals surface area contributed by atoms with Crippen LogP contribution in [0.1, 0.15) is 84.7 Å². The monoisotopic (exact) mass is 1550 g/mol. The highest BCUT2D eigenvalue weighted by Gasteiger charge is 2.50. The van der Waals surface area contributed by atoms with Crippen LogP contribution in [-0.4, -0.2) is 152 Å². The molecule has 32 heteroatoms. The van der Waals surface area contributed by atoms with E-state index in [1.165, 1.54) is 82.8 Å². The zero-order chi connectivity index (χ0) is 78.9. The summed E-state index contributed by atoms with van der Waals surface area (Å²) in [5.74, 6) is -5.70.